The summed E-state index contributed by atoms with van der Waals surface area (Å²) in [6, 6.07) is 0. The number of hydroxylamine groups is 2. The number of allylic oxidation sites excluding steroid dienone is 1. The summed E-state index contributed by atoms with van der Waals surface area (Å²) in [6.07, 6.45) is -4.91. The SMILES string of the molecule is C=C1CCC(=O)N1OC(=O)C(F)(F)F. The van der Waals surface area contributed by atoms with E-state index in [-0.39, 0.29) is 23.6 Å². The Morgan fingerprint density at radius 2 is 2.00 bits per heavy atom. The number of hydrogen-bond donors (Lipinski definition) is 0. The van der Waals surface area contributed by atoms with Gasteiger partial charge in [0.05, 0.1) is 5.70 Å². The summed E-state index contributed by atoms with van der Waals surface area (Å²) in [5, 5.41) is 0.288. The molecule has 1 heterocycles. The van der Waals surface area contributed by atoms with E-state index in [1.165, 1.54) is 0 Å². The van der Waals surface area contributed by atoms with Crippen LogP contribution in [0.3, 0.4) is 0 Å². The summed E-state index contributed by atoms with van der Waals surface area (Å²) in [6.45, 7) is 3.28. The van der Waals surface area contributed by atoms with Gasteiger partial charge in [0.2, 0.25) is 0 Å². The van der Waals surface area contributed by atoms with E-state index in [1.807, 2.05) is 0 Å². The summed E-state index contributed by atoms with van der Waals surface area (Å²) in [5.74, 6) is -3.12. The van der Waals surface area contributed by atoms with E-state index in [0.717, 1.165) is 0 Å². The van der Waals surface area contributed by atoms with Crippen LogP contribution in [0.25, 0.3) is 0 Å². The molecule has 1 saturated heterocycles. The lowest BCUT2D eigenvalue weighted by atomic mass is 10.3. The summed E-state index contributed by atoms with van der Waals surface area (Å²) in [7, 11) is 0. The van der Waals surface area contributed by atoms with Crippen LogP contribution in [-0.2, 0) is 14.4 Å². The second-order valence-electron chi connectivity index (χ2n) is 2.63. The third-order valence-electron chi connectivity index (χ3n) is 1.55. The first-order valence-electron chi connectivity index (χ1n) is 3.62. The molecule has 0 radical (unpaired) electrons. The van der Waals surface area contributed by atoms with Crippen molar-refractivity contribution in [3.63, 3.8) is 0 Å². The van der Waals surface area contributed by atoms with E-state index in [4.69, 9.17) is 0 Å². The zero-order chi connectivity index (χ0) is 10.9. The maximum Gasteiger partial charge on any atom is 0.493 e. The molecule has 0 aromatic heterocycles. The van der Waals surface area contributed by atoms with Crippen molar-refractivity contribution in [2.75, 3.05) is 0 Å². The van der Waals surface area contributed by atoms with Gasteiger partial charge in [-0.1, -0.05) is 6.58 Å². The molecule has 1 amide bonds. The summed E-state index contributed by atoms with van der Waals surface area (Å²) < 4.78 is 35.1. The van der Waals surface area contributed by atoms with Crippen LogP contribution >= 0.6 is 0 Å². The zero-order valence-electron chi connectivity index (χ0n) is 6.93. The molecule has 0 spiro atoms. The van der Waals surface area contributed by atoms with Gasteiger partial charge in [-0.2, -0.15) is 13.2 Å². The molecule has 0 saturated carbocycles. The van der Waals surface area contributed by atoms with Crippen LogP contribution in [-0.4, -0.2) is 23.1 Å². The normalized spacial score (nSPS) is 17.5. The largest absolute Gasteiger partial charge is 0.493 e. The molecule has 1 rings (SSSR count). The molecule has 0 bridgehead atoms. The highest BCUT2D eigenvalue weighted by Crippen LogP contribution is 2.24. The number of amides is 1. The lowest BCUT2D eigenvalue weighted by Crippen LogP contribution is -2.34. The fraction of sp³-hybridized carbons (Fsp3) is 0.429. The van der Waals surface area contributed by atoms with Crippen LogP contribution in [0.5, 0.6) is 0 Å². The Morgan fingerprint density at radius 1 is 1.43 bits per heavy atom. The van der Waals surface area contributed by atoms with Crippen molar-refractivity contribution >= 4 is 11.9 Å². The quantitative estimate of drug-likeness (QED) is 0.650. The van der Waals surface area contributed by atoms with Crippen molar-refractivity contribution in [3.05, 3.63) is 12.3 Å². The van der Waals surface area contributed by atoms with E-state index in [0.29, 0.717) is 0 Å². The molecular formula is C7H6F3NO3. The van der Waals surface area contributed by atoms with Gasteiger partial charge in [-0.05, 0) is 6.42 Å². The Kier molecular flexibility index (Phi) is 2.50. The highest BCUT2D eigenvalue weighted by atomic mass is 19.4. The fourth-order valence-corrected chi connectivity index (χ4v) is 0.881. The molecule has 78 valence electrons. The monoisotopic (exact) mass is 209 g/mol. The van der Waals surface area contributed by atoms with Crippen LogP contribution in [0.2, 0.25) is 0 Å². The van der Waals surface area contributed by atoms with Gasteiger partial charge in [0.15, 0.2) is 0 Å². The van der Waals surface area contributed by atoms with Gasteiger partial charge < -0.3 is 4.84 Å². The Morgan fingerprint density at radius 3 is 2.36 bits per heavy atom. The van der Waals surface area contributed by atoms with Crippen LogP contribution < -0.4 is 0 Å². The first-order chi connectivity index (χ1) is 6.32. The Bertz CT molecular complexity index is 281. The molecule has 0 atom stereocenters. The van der Waals surface area contributed by atoms with Crippen LogP contribution in [0.4, 0.5) is 13.2 Å². The van der Waals surface area contributed by atoms with Gasteiger partial charge in [-0.15, -0.1) is 5.06 Å². The Labute approximate surface area is 76.9 Å². The van der Waals surface area contributed by atoms with Crippen LogP contribution in [0.15, 0.2) is 12.3 Å². The molecule has 1 aliphatic heterocycles. The average Bonchev–Trinajstić information content (AvgIpc) is 2.34. The standard InChI is InChI=1S/C7H6F3NO3/c1-4-2-3-5(12)11(4)14-6(13)7(8,9)10/h1-3H2. The topological polar surface area (TPSA) is 46.6 Å². The third kappa shape index (κ3) is 2.04. The zero-order valence-corrected chi connectivity index (χ0v) is 6.93. The molecule has 1 fully saturated rings. The maximum atomic E-state index is 11.7. The van der Waals surface area contributed by atoms with E-state index >= 15 is 0 Å². The van der Waals surface area contributed by atoms with Crippen molar-refractivity contribution in [2.45, 2.75) is 19.0 Å². The fourth-order valence-electron chi connectivity index (χ4n) is 0.881. The average molecular weight is 209 g/mol. The maximum absolute atomic E-state index is 11.7. The van der Waals surface area contributed by atoms with Gasteiger partial charge >= 0.3 is 12.1 Å². The Hall–Kier alpha value is -1.53. The van der Waals surface area contributed by atoms with Gasteiger partial charge in [-0.25, -0.2) is 4.79 Å². The van der Waals surface area contributed by atoms with E-state index < -0.39 is 18.1 Å². The second-order valence-corrected chi connectivity index (χ2v) is 2.63. The van der Waals surface area contributed by atoms with Crippen molar-refractivity contribution in [1.82, 2.24) is 5.06 Å². The minimum atomic E-state index is -5.11. The molecule has 0 aromatic rings. The number of halogens is 3. The minimum Gasteiger partial charge on any atom is -0.325 e. The summed E-state index contributed by atoms with van der Waals surface area (Å²) in [5.41, 5.74) is 0.0487. The lowest BCUT2D eigenvalue weighted by Gasteiger charge is -2.16. The predicted octanol–water partition coefficient (Wildman–Crippen LogP) is 1.14. The van der Waals surface area contributed by atoms with E-state index in [9.17, 15) is 22.8 Å². The van der Waals surface area contributed by atoms with E-state index in [1.54, 1.807) is 0 Å². The molecule has 0 N–H and O–H groups in total. The lowest BCUT2D eigenvalue weighted by molar-refractivity contribution is -0.229. The number of carbonyl (C=O) groups excluding carboxylic acids is 2. The molecule has 7 heteroatoms. The van der Waals surface area contributed by atoms with Gasteiger partial charge in [0.1, 0.15) is 0 Å². The minimum absolute atomic E-state index is 0.00394. The number of hydrogen-bond acceptors (Lipinski definition) is 3. The van der Waals surface area contributed by atoms with Gasteiger partial charge in [0, 0.05) is 6.42 Å². The first kappa shape index (κ1) is 10.6. The van der Waals surface area contributed by atoms with Crippen molar-refractivity contribution in [2.24, 2.45) is 0 Å². The van der Waals surface area contributed by atoms with Crippen LogP contribution in [0, 0.1) is 0 Å². The number of carbonyl (C=O) groups is 2. The van der Waals surface area contributed by atoms with Crippen molar-refractivity contribution < 1.29 is 27.6 Å². The first-order valence-corrected chi connectivity index (χ1v) is 3.62. The molecule has 0 aliphatic carbocycles. The van der Waals surface area contributed by atoms with E-state index in [2.05, 4.69) is 11.4 Å². The molecule has 0 unspecified atom stereocenters. The number of nitrogens with zero attached hydrogens (tertiary/aromatic N) is 1. The van der Waals surface area contributed by atoms with Crippen molar-refractivity contribution in [1.29, 1.82) is 0 Å². The predicted molar refractivity (Wildman–Crippen MR) is 37.4 cm³/mol. The second kappa shape index (κ2) is 3.32. The highest BCUT2D eigenvalue weighted by molar-refractivity contribution is 5.83. The molecule has 4 nitrogen and oxygen atoms in total. The Balaban J connectivity index is 2.65. The summed E-state index contributed by atoms with van der Waals surface area (Å²) >= 11 is 0. The highest BCUT2D eigenvalue weighted by Gasteiger charge is 2.44. The summed E-state index contributed by atoms with van der Waals surface area (Å²) in [4.78, 5) is 25.0. The van der Waals surface area contributed by atoms with Gasteiger partial charge in [-0.3, -0.25) is 4.79 Å². The molecule has 14 heavy (non-hydrogen) atoms. The van der Waals surface area contributed by atoms with Crippen LogP contribution in [0.1, 0.15) is 12.8 Å². The smallest absolute Gasteiger partial charge is 0.325 e. The van der Waals surface area contributed by atoms with Gasteiger partial charge in [0.25, 0.3) is 5.91 Å². The number of alkyl halides is 3. The molecular weight excluding hydrogens is 203 g/mol. The molecule has 0 aromatic carbocycles. The van der Waals surface area contributed by atoms with Crippen molar-refractivity contribution in [3.8, 4) is 0 Å². The molecule has 1 aliphatic rings. The third-order valence-corrected chi connectivity index (χ3v) is 1.55. The number of rotatable bonds is 1.